The summed E-state index contributed by atoms with van der Waals surface area (Å²) >= 11 is 10.1. The van der Waals surface area contributed by atoms with E-state index in [4.69, 9.17) is 33.0 Å². The number of rotatable bonds is 3. The Labute approximate surface area is 105 Å². The first-order valence-electron chi connectivity index (χ1n) is 4.62. The zero-order valence-electron chi connectivity index (χ0n) is 9.11. The van der Waals surface area contributed by atoms with E-state index in [9.17, 15) is 4.79 Å². The molecule has 16 heavy (non-hydrogen) atoms. The molecule has 1 aromatic carbocycles. The number of para-hydroxylation sites is 1. The highest BCUT2D eigenvalue weighted by atomic mass is 35.5. The predicted molar refractivity (Wildman–Crippen MR) is 65.5 cm³/mol. The summed E-state index contributed by atoms with van der Waals surface area (Å²) < 4.78 is 5.00. The highest BCUT2D eigenvalue weighted by molar-refractivity contribution is 6.43. The van der Waals surface area contributed by atoms with Crippen LogP contribution < -0.4 is 4.74 Å². The molecule has 0 radical (unpaired) electrons. The van der Waals surface area contributed by atoms with Crippen LogP contribution in [-0.4, -0.2) is 22.5 Å². The second-order valence-electron chi connectivity index (χ2n) is 2.97. The third-order valence-electron chi connectivity index (χ3n) is 1.44. The molecule has 90 valence electrons. The van der Waals surface area contributed by atoms with Crippen LogP contribution in [0.15, 0.2) is 24.3 Å². The van der Waals surface area contributed by atoms with E-state index in [0.29, 0.717) is 5.75 Å². The van der Waals surface area contributed by atoms with Gasteiger partial charge < -0.3 is 9.84 Å². The van der Waals surface area contributed by atoms with Gasteiger partial charge in [-0.3, -0.25) is 0 Å². The van der Waals surface area contributed by atoms with E-state index in [1.165, 1.54) is 0 Å². The number of halogens is 2. The number of hydrogen-bond acceptors (Lipinski definition) is 2. The minimum Gasteiger partial charge on any atom is -0.482 e. The highest BCUT2D eigenvalue weighted by Crippen LogP contribution is 2.15. The van der Waals surface area contributed by atoms with Crippen molar-refractivity contribution in [1.29, 1.82) is 0 Å². The summed E-state index contributed by atoms with van der Waals surface area (Å²) in [7, 11) is 0. The van der Waals surface area contributed by atoms with Crippen LogP contribution in [0.5, 0.6) is 5.75 Å². The van der Waals surface area contributed by atoms with Gasteiger partial charge in [0.1, 0.15) is 10.6 Å². The zero-order chi connectivity index (χ0) is 12.6. The molecule has 0 aromatic heterocycles. The lowest BCUT2D eigenvalue weighted by Gasteiger charge is -2.04. The van der Waals surface area contributed by atoms with Crippen molar-refractivity contribution >= 4 is 29.2 Å². The van der Waals surface area contributed by atoms with E-state index in [-0.39, 0.29) is 11.4 Å². The summed E-state index contributed by atoms with van der Waals surface area (Å²) in [6.07, 6.45) is 0. The average molecular weight is 265 g/mol. The van der Waals surface area contributed by atoms with E-state index in [1.807, 2.05) is 25.1 Å². The molecular formula is C11H14Cl2O3. The Hall–Kier alpha value is -0.930. The topological polar surface area (TPSA) is 46.5 Å². The number of benzene rings is 1. The Bertz CT molecular complexity index is 324. The molecule has 3 nitrogen and oxygen atoms in total. The first-order valence-corrected chi connectivity index (χ1v) is 5.49. The number of carbonyl (C=O) groups is 1. The number of carboxylic acid groups (broad SMARTS) is 1. The van der Waals surface area contributed by atoms with Crippen LogP contribution in [0.2, 0.25) is 0 Å². The summed E-state index contributed by atoms with van der Waals surface area (Å²) in [5.41, 5.74) is 0.943. The summed E-state index contributed by atoms with van der Waals surface area (Å²) in [6, 6.07) is 7.31. The molecule has 0 saturated carbocycles. The molecule has 0 atom stereocenters. The lowest BCUT2D eigenvalue weighted by atomic mass is 10.2. The first kappa shape index (κ1) is 15.1. The summed E-state index contributed by atoms with van der Waals surface area (Å²) in [4.78, 5) is 9.94. The quantitative estimate of drug-likeness (QED) is 0.853. The molecule has 0 aliphatic rings. The van der Waals surface area contributed by atoms with Gasteiger partial charge in [-0.05, 0) is 25.5 Å². The third-order valence-corrected chi connectivity index (χ3v) is 1.44. The van der Waals surface area contributed by atoms with Gasteiger partial charge in [0.2, 0.25) is 0 Å². The lowest BCUT2D eigenvalue weighted by molar-refractivity contribution is -0.139. The van der Waals surface area contributed by atoms with Gasteiger partial charge in [0.15, 0.2) is 6.61 Å². The van der Waals surface area contributed by atoms with Gasteiger partial charge in [-0.15, -0.1) is 23.2 Å². The average Bonchev–Trinajstić information content (AvgIpc) is 2.15. The number of aryl methyl sites for hydroxylation is 1. The SMILES string of the molecule is CC(Cl)Cl.Cc1ccccc1OCC(=O)O. The molecule has 0 fully saturated rings. The van der Waals surface area contributed by atoms with Crippen molar-refractivity contribution < 1.29 is 14.6 Å². The molecule has 0 spiro atoms. The van der Waals surface area contributed by atoms with Crippen LogP contribution >= 0.6 is 23.2 Å². The normalized spacial score (nSPS) is 9.31. The van der Waals surface area contributed by atoms with E-state index in [1.54, 1.807) is 13.0 Å². The molecule has 0 heterocycles. The largest absolute Gasteiger partial charge is 0.482 e. The number of carboxylic acids is 1. The molecule has 0 amide bonds. The minimum atomic E-state index is -0.960. The van der Waals surface area contributed by atoms with Crippen molar-refractivity contribution in [3.8, 4) is 5.75 Å². The molecule has 0 unspecified atom stereocenters. The summed E-state index contributed by atoms with van der Waals surface area (Å²) in [6.45, 7) is 3.28. The Kier molecular flexibility index (Phi) is 7.77. The van der Waals surface area contributed by atoms with Gasteiger partial charge in [0.25, 0.3) is 0 Å². The minimum absolute atomic E-state index is 0.222. The fourth-order valence-electron chi connectivity index (χ4n) is 0.858. The van der Waals surface area contributed by atoms with Crippen LogP contribution in [0.3, 0.4) is 0 Å². The van der Waals surface area contributed by atoms with Gasteiger partial charge in [0, 0.05) is 0 Å². The molecule has 1 aromatic rings. The molecule has 1 rings (SSSR count). The summed E-state index contributed by atoms with van der Waals surface area (Å²) in [5, 5.41) is 8.34. The molecule has 0 aliphatic carbocycles. The molecule has 5 heteroatoms. The van der Waals surface area contributed by atoms with Gasteiger partial charge in [-0.25, -0.2) is 4.79 Å². The maximum absolute atomic E-state index is 10.2. The molecular weight excluding hydrogens is 251 g/mol. The van der Waals surface area contributed by atoms with Crippen molar-refractivity contribution in [2.75, 3.05) is 6.61 Å². The van der Waals surface area contributed by atoms with E-state index < -0.39 is 5.97 Å². The second kappa shape index (κ2) is 8.25. The number of alkyl halides is 2. The third kappa shape index (κ3) is 8.38. The number of hydrogen-bond donors (Lipinski definition) is 1. The van der Waals surface area contributed by atoms with Gasteiger partial charge in [-0.2, -0.15) is 0 Å². The van der Waals surface area contributed by atoms with Crippen LogP contribution in [0, 0.1) is 6.92 Å². The highest BCUT2D eigenvalue weighted by Gasteiger charge is 2.00. The molecule has 0 bridgehead atoms. The Morgan fingerprint density at radius 1 is 1.44 bits per heavy atom. The molecule has 0 aliphatic heterocycles. The van der Waals surface area contributed by atoms with Gasteiger partial charge in [-0.1, -0.05) is 18.2 Å². The van der Waals surface area contributed by atoms with Crippen molar-refractivity contribution in [1.82, 2.24) is 0 Å². The van der Waals surface area contributed by atoms with E-state index in [0.717, 1.165) is 5.56 Å². The number of ether oxygens (including phenoxy) is 1. The lowest BCUT2D eigenvalue weighted by Crippen LogP contribution is -2.09. The van der Waals surface area contributed by atoms with Crippen LogP contribution in [0.25, 0.3) is 0 Å². The van der Waals surface area contributed by atoms with Gasteiger partial charge >= 0.3 is 5.97 Å². The second-order valence-corrected chi connectivity index (χ2v) is 4.50. The van der Waals surface area contributed by atoms with Crippen molar-refractivity contribution in [2.45, 2.75) is 18.7 Å². The maximum atomic E-state index is 10.2. The Balaban J connectivity index is 0.000000487. The summed E-state index contributed by atoms with van der Waals surface area (Å²) in [5.74, 6) is -0.335. The Morgan fingerprint density at radius 3 is 2.38 bits per heavy atom. The van der Waals surface area contributed by atoms with Crippen LogP contribution in [0.4, 0.5) is 0 Å². The van der Waals surface area contributed by atoms with Crippen molar-refractivity contribution in [3.05, 3.63) is 29.8 Å². The monoisotopic (exact) mass is 264 g/mol. The Morgan fingerprint density at radius 2 is 1.94 bits per heavy atom. The predicted octanol–water partition coefficient (Wildman–Crippen LogP) is 3.27. The zero-order valence-corrected chi connectivity index (χ0v) is 10.6. The fraction of sp³-hybridized carbons (Fsp3) is 0.364. The molecule has 1 N–H and O–H groups in total. The standard InChI is InChI=1S/C9H10O3.C2H4Cl2/c1-7-4-2-3-5-8(7)12-6-9(10)11;1-2(3)4/h2-5H,6H2,1H3,(H,10,11);2H,1H3. The fourth-order valence-corrected chi connectivity index (χ4v) is 0.858. The van der Waals surface area contributed by atoms with Crippen LogP contribution in [0.1, 0.15) is 12.5 Å². The van der Waals surface area contributed by atoms with Crippen molar-refractivity contribution in [3.63, 3.8) is 0 Å². The number of aliphatic carboxylic acids is 1. The maximum Gasteiger partial charge on any atom is 0.341 e. The smallest absolute Gasteiger partial charge is 0.341 e. The van der Waals surface area contributed by atoms with E-state index >= 15 is 0 Å². The van der Waals surface area contributed by atoms with Crippen molar-refractivity contribution in [2.24, 2.45) is 0 Å². The first-order chi connectivity index (χ1) is 7.43. The van der Waals surface area contributed by atoms with Crippen LogP contribution in [-0.2, 0) is 4.79 Å². The van der Waals surface area contributed by atoms with E-state index in [2.05, 4.69) is 0 Å². The van der Waals surface area contributed by atoms with Gasteiger partial charge in [0.05, 0.1) is 0 Å². The molecule has 0 saturated heterocycles.